The average Bonchev–Trinajstić information content (AvgIpc) is 2.99. The van der Waals surface area contributed by atoms with Gasteiger partial charge in [0.25, 0.3) is 0 Å². The summed E-state index contributed by atoms with van der Waals surface area (Å²) in [6, 6.07) is 4.01. The summed E-state index contributed by atoms with van der Waals surface area (Å²) in [5, 5.41) is 11.1. The van der Waals surface area contributed by atoms with Gasteiger partial charge in [-0.15, -0.1) is 0 Å². The van der Waals surface area contributed by atoms with Crippen molar-refractivity contribution >= 4 is 22.5 Å². The summed E-state index contributed by atoms with van der Waals surface area (Å²) in [6.45, 7) is 4.27. The summed E-state index contributed by atoms with van der Waals surface area (Å²) in [5.41, 5.74) is 2.92. The minimum atomic E-state index is 0.130. The van der Waals surface area contributed by atoms with Gasteiger partial charge >= 0.3 is 0 Å². The van der Waals surface area contributed by atoms with E-state index in [4.69, 9.17) is 0 Å². The zero-order chi connectivity index (χ0) is 14.1. The molecule has 4 heteroatoms. The van der Waals surface area contributed by atoms with Crippen LogP contribution < -0.4 is 5.32 Å². The van der Waals surface area contributed by atoms with E-state index in [1.165, 1.54) is 19.3 Å². The molecule has 3 rings (SSSR count). The minimum Gasteiger partial charge on any atom is -0.326 e. The Kier molecular flexibility index (Phi) is 3.47. The van der Waals surface area contributed by atoms with Gasteiger partial charge in [-0.3, -0.25) is 9.89 Å². The highest BCUT2D eigenvalue weighted by molar-refractivity contribution is 5.94. The SMILES string of the molecule is Cc1cc2cn[nH]c2cc1NC(=O)CC1CCCC1C. The molecule has 1 aromatic carbocycles. The largest absolute Gasteiger partial charge is 0.326 e. The van der Waals surface area contributed by atoms with Crippen LogP contribution in [0.1, 0.15) is 38.2 Å². The van der Waals surface area contributed by atoms with Gasteiger partial charge in [-0.25, -0.2) is 0 Å². The lowest BCUT2D eigenvalue weighted by Crippen LogP contribution is -2.18. The molecular formula is C16H21N3O. The first-order valence-electron chi connectivity index (χ1n) is 7.37. The quantitative estimate of drug-likeness (QED) is 0.895. The van der Waals surface area contributed by atoms with Gasteiger partial charge in [0.15, 0.2) is 0 Å². The standard InChI is InChI=1S/C16H21N3O/c1-10-4-3-5-12(10)7-16(20)18-14-8-15-13(6-11(14)2)9-17-19-15/h6,8-10,12H,3-5,7H2,1-2H3,(H,17,19)(H,18,20). The Morgan fingerprint density at radius 1 is 1.45 bits per heavy atom. The topological polar surface area (TPSA) is 57.8 Å². The number of fused-ring (bicyclic) bond motifs is 1. The van der Waals surface area contributed by atoms with Gasteiger partial charge in [0.05, 0.1) is 11.7 Å². The van der Waals surface area contributed by atoms with E-state index in [0.717, 1.165) is 22.2 Å². The number of H-pyrrole nitrogens is 1. The van der Waals surface area contributed by atoms with Crippen LogP contribution in [-0.4, -0.2) is 16.1 Å². The molecule has 1 saturated carbocycles. The summed E-state index contributed by atoms with van der Waals surface area (Å²) in [5.74, 6) is 1.36. The lowest BCUT2D eigenvalue weighted by atomic mass is 9.94. The summed E-state index contributed by atoms with van der Waals surface area (Å²) < 4.78 is 0. The number of aromatic nitrogens is 2. The van der Waals surface area contributed by atoms with Crippen LogP contribution in [-0.2, 0) is 4.79 Å². The van der Waals surface area contributed by atoms with Gasteiger partial charge in [-0.2, -0.15) is 5.10 Å². The predicted octanol–water partition coefficient (Wildman–Crippen LogP) is 3.64. The van der Waals surface area contributed by atoms with Crippen molar-refractivity contribution in [3.63, 3.8) is 0 Å². The van der Waals surface area contributed by atoms with E-state index >= 15 is 0 Å². The van der Waals surface area contributed by atoms with E-state index in [1.54, 1.807) is 6.20 Å². The third kappa shape index (κ3) is 2.55. The molecule has 0 bridgehead atoms. The molecule has 20 heavy (non-hydrogen) atoms. The first-order chi connectivity index (χ1) is 9.63. The van der Waals surface area contributed by atoms with Gasteiger partial charge in [-0.1, -0.05) is 19.8 Å². The van der Waals surface area contributed by atoms with Crippen LogP contribution in [0.4, 0.5) is 5.69 Å². The molecule has 1 amide bonds. The number of benzene rings is 1. The van der Waals surface area contributed by atoms with E-state index in [1.807, 2.05) is 19.1 Å². The number of aromatic amines is 1. The van der Waals surface area contributed by atoms with Crippen molar-refractivity contribution in [1.82, 2.24) is 10.2 Å². The fourth-order valence-electron chi connectivity index (χ4n) is 3.20. The van der Waals surface area contributed by atoms with Crippen LogP contribution in [0.5, 0.6) is 0 Å². The maximum Gasteiger partial charge on any atom is 0.224 e. The molecule has 1 aromatic heterocycles. The number of anilines is 1. The summed E-state index contributed by atoms with van der Waals surface area (Å²) in [7, 11) is 0. The number of amides is 1. The lowest BCUT2D eigenvalue weighted by molar-refractivity contribution is -0.117. The Hall–Kier alpha value is -1.84. The zero-order valence-electron chi connectivity index (χ0n) is 12.1. The highest BCUT2D eigenvalue weighted by Gasteiger charge is 2.25. The third-order valence-electron chi connectivity index (χ3n) is 4.55. The molecule has 4 nitrogen and oxygen atoms in total. The highest BCUT2D eigenvalue weighted by Crippen LogP contribution is 2.34. The second kappa shape index (κ2) is 5.27. The fourth-order valence-corrected chi connectivity index (χ4v) is 3.20. The van der Waals surface area contributed by atoms with Crippen molar-refractivity contribution in [2.45, 2.75) is 39.5 Å². The summed E-state index contributed by atoms with van der Waals surface area (Å²) >= 11 is 0. The van der Waals surface area contributed by atoms with Crippen molar-refractivity contribution in [2.24, 2.45) is 11.8 Å². The van der Waals surface area contributed by atoms with Crippen LogP contribution >= 0.6 is 0 Å². The molecule has 1 aliphatic rings. The molecule has 0 radical (unpaired) electrons. The Morgan fingerprint density at radius 2 is 2.30 bits per heavy atom. The van der Waals surface area contributed by atoms with Crippen molar-refractivity contribution < 1.29 is 4.79 Å². The smallest absolute Gasteiger partial charge is 0.224 e. The number of nitrogens with one attached hydrogen (secondary N) is 2. The Balaban J connectivity index is 1.71. The van der Waals surface area contributed by atoms with E-state index in [-0.39, 0.29) is 5.91 Å². The van der Waals surface area contributed by atoms with Gasteiger partial charge in [0, 0.05) is 17.5 Å². The second-order valence-electron chi connectivity index (χ2n) is 6.04. The normalized spacial score (nSPS) is 22.3. The molecule has 1 fully saturated rings. The van der Waals surface area contributed by atoms with E-state index in [2.05, 4.69) is 22.4 Å². The predicted molar refractivity (Wildman–Crippen MR) is 80.6 cm³/mol. The molecular weight excluding hydrogens is 250 g/mol. The van der Waals surface area contributed by atoms with E-state index in [9.17, 15) is 4.79 Å². The number of carbonyl (C=O) groups excluding carboxylic acids is 1. The molecule has 2 N–H and O–H groups in total. The van der Waals surface area contributed by atoms with Crippen molar-refractivity contribution in [3.8, 4) is 0 Å². The number of aryl methyl sites for hydroxylation is 1. The number of hydrogen-bond donors (Lipinski definition) is 2. The van der Waals surface area contributed by atoms with Crippen molar-refractivity contribution in [3.05, 3.63) is 23.9 Å². The number of carbonyl (C=O) groups is 1. The Morgan fingerprint density at radius 3 is 3.05 bits per heavy atom. The highest BCUT2D eigenvalue weighted by atomic mass is 16.1. The van der Waals surface area contributed by atoms with Gasteiger partial charge in [-0.05, 0) is 42.9 Å². The molecule has 0 aliphatic heterocycles. The Bertz CT molecular complexity index is 632. The molecule has 0 saturated heterocycles. The molecule has 2 aromatic rings. The molecule has 2 unspecified atom stereocenters. The van der Waals surface area contributed by atoms with E-state index in [0.29, 0.717) is 18.3 Å². The lowest BCUT2D eigenvalue weighted by Gasteiger charge is -2.15. The van der Waals surface area contributed by atoms with Crippen LogP contribution in [0.25, 0.3) is 10.9 Å². The molecule has 1 heterocycles. The maximum atomic E-state index is 12.2. The maximum absolute atomic E-state index is 12.2. The molecule has 1 aliphatic carbocycles. The summed E-state index contributed by atoms with van der Waals surface area (Å²) in [6.07, 6.45) is 6.15. The molecule has 2 atom stereocenters. The van der Waals surface area contributed by atoms with Gasteiger partial charge in [0.1, 0.15) is 0 Å². The minimum absolute atomic E-state index is 0.130. The van der Waals surface area contributed by atoms with Crippen molar-refractivity contribution in [2.75, 3.05) is 5.32 Å². The van der Waals surface area contributed by atoms with Gasteiger partial charge in [0.2, 0.25) is 5.91 Å². The first kappa shape index (κ1) is 13.2. The fraction of sp³-hybridized carbons (Fsp3) is 0.500. The number of rotatable bonds is 3. The summed E-state index contributed by atoms with van der Waals surface area (Å²) in [4.78, 5) is 12.2. The molecule has 106 valence electrons. The Labute approximate surface area is 119 Å². The van der Waals surface area contributed by atoms with Crippen LogP contribution in [0.2, 0.25) is 0 Å². The van der Waals surface area contributed by atoms with Gasteiger partial charge < -0.3 is 5.32 Å². The second-order valence-corrected chi connectivity index (χ2v) is 6.04. The van der Waals surface area contributed by atoms with Crippen LogP contribution in [0, 0.1) is 18.8 Å². The first-order valence-corrected chi connectivity index (χ1v) is 7.37. The van der Waals surface area contributed by atoms with E-state index < -0.39 is 0 Å². The third-order valence-corrected chi connectivity index (χ3v) is 4.55. The number of hydrogen-bond acceptors (Lipinski definition) is 2. The number of nitrogens with zero attached hydrogens (tertiary/aromatic N) is 1. The van der Waals surface area contributed by atoms with Crippen LogP contribution in [0.15, 0.2) is 18.3 Å². The average molecular weight is 271 g/mol. The van der Waals surface area contributed by atoms with Crippen LogP contribution in [0.3, 0.4) is 0 Å². The zero-order valence-corrected chi connectivity index (χ0v) is 12.1. The monoisotopic (exact) mass is 271 g/mol. The molecule has 0 spiro atoms. The van der Waals surface area contributed by atoms with Crippen molar-refractivity contribution in [1.29, 1.82) is 0 Å².